The summed E-state index contributed by atoms with van der Waals surface area (Å²) in [6.45, 7) is 8.39. The quantitative estimate of drug-likeness (QED) is 0.756. The number of allylic oxidation sites excluding steroid dienone is 1. The molecule has 0 spiro atoms. The highest BCUT2D eigenvalue weighted by atomic mass is 16.6. The first kappa shape index (κ1) is 14.5. The molecule has 1 aliphatic heterocycles. The summed E-state index contributed by atoms with van der Waals surface area (Å²) in [6, 6.07) is 0. The molecule has 0 aromatic heterocycles. The molecule has 0 aromatic rings. The highest BCUT2D eigenvalue weighted by Gasteiger charge is 2.29. The van der Waals surface area contributed by atoms with Gasteiger partial charge in [-0.2, -0.15) is 0 Å². The molecule has 0 saturated carbocycles. The minimum Gasteiger partial charge on any atom is -0.443 e. The van der Waals surface area contributed by atoms with Gasteiger partial charge in [-0.25, -0.2) is 4.79 Å². The minimum absolute atomic E-state index is 0.0487. The lowest BCUT2D eigenvalue weighted by Gasteiger charge is -2.33. The van der Waals surface area contributed by atoms with Gasteiger partial charge in [0.25, 0.3) is 0 Å². The van der Waals surface area contributed by atoms with Gasteiger partial charge < -0.3 is 9.64 Å². The zero-order valence-electron chi connectivity index (χ0n) is 11.8. The molecule has 5 heteroatoms. The van der Waals surface area contributed by atoms with E-state index in [9.17, 15) is 9.59 Å². The Morgan fingerprint density at radius 2 is 1.94 bits per heavy atom. The molecule has 0 radical (unpaired) electrons. The summed E-state index contributed by atoms with van der Waals surface area (Å²) < 4.78 is 5.31. The summed E-state index contributed by atoms with van der Waals surface area (Å²) in [5, 5.41) is 0. The summed E-state index contributed by atoms with van der Waals surface area (Å²) in [5.74, 6) is -0.0487. The van der Waals surface area contributed by atoms with Crippen molar-refractivity contribution in [3.63, 3.8) is 0 Å². The average molecular weight is 254 g/mol. The maximum Gasteiger partial charge on any atom is 0.415 e. The number of hydrogen-bond donors (Lipinski definition) is 0. The Balaban J connectivity index is 2.89. The standard InChI is InChI=1S/C13H22N2O3/c1-6-11(16)10-9-14(5)7-8-15(10)12(17)18-13(2,3)4/h9H,6-8H2,1-5H3. The molecule has 18 heavy (non-hydrogen) atoms. The number of likely N-dealkylation sites (N-methyl/N-ethyl adjacent to an activating group) is 1. The number of hydrogen-bond acceptors (Lipinski definition) is 4. The molecule has 0 aliphatic carbocycles. The number of ether oxygens (including phenoxy) is 1. The van der Waals surface area contributed by atoms with Crippen molar-refractivity contribution in [2.45, 2.75) is 39.7 Å². The van der Waals surface area contributed by atoms with Crippen LogP contribution in [0.25, 0.3) is 0 Å². The van der Waals surface area contributed by atoms with Crippen molar-refractivity contribution in [2.24, 2.45) is 0 Å². The SMILES string of the molecule is CCC(=O)C1=CN(C)CCN1C(=O)OC(C)(C)C. The summed E-state index contributed by atoms with van der Waals surface area (Å²) in [7, 11) is 1.88. The highest BCUT2D eigenvalue weighted by Crippen LogP contribution is 2.18. The molecule has 1 aliphatic rings. The van der Waals surface area contributed by atoms with Crippen LogP contribution in [0.5, 0.6) is 0 Å². The number of amides is 1. The second-order valence-corrected chi connectivity index (χ2v) is 5.40. The van der Waals surface area contributed by atoms with E-state index in [-0.39, 0.29) is 5.78 Å². The molecule has 1 rings (SSSR count). The van der Waals surface area contributed by atoms with Gasteiger partial charge in [0.1, 0.15) is 11.3 Å². The third-order valence-corrected chi connectivity index (χ3v) is 2.53. The van der Waals surface area contributed by atoms with Gasteiger partial charge in [-0.15, -0.1) is 0 Å². The van der Waals surface area contributed by atoms with Crippen molar-refractivity contribution < 1.29 is 14.3 Å². The summed E-state index contributed by atoms with van der Waals surface area (Å²) in [4.78, 5) is 27.2. The molecule has 0 saturated heterocycles. The number of nitrogens with zero attached hydrogens (tertiary/aromatic N) is 2. The average Bonchev–Trinajstić information content (AvgIpc) is 2.25. The first-order valence-corrected chi connectivity index (χ1v) is 6.20. The zero-order chi connectivity index (χ0) is 13.9. The molecular weight excluding hydrogens is 232 g/mol. The fourth-order valence-electron chi connectivity index (χ4n) is 1.63. The van der Waals surface area contributed by atoms with Crippen LogP contribution in [0.3, 0.4) is 0 Å². The van der Waals surface area contributed by atoms with E-state index in [1.807, 2.05) is 32.7 Å². The molecule has 102 valence electrons. The van der Waals surface area contributed by atoms with Crippen molar-refractivity contribution in [2.75, 3.05) is 20.1 Å². The normalized spacial score (nSPS) is 16.4. The van der Waals surface area contributed by atoms with E-state index in [2.05, 4.69) is 0 Å². The number of carbonyl (C=O) groups excluding carboxylic acids is 2. The van der Waals surface area contributed by atoms with E-state index in [0.29, 0.717) is 25.2 Å². The van der Waals surface area contributed by atoms with Crippen LogP contribution in [0.1, 0.15) is 34.1 Å². The number of rotatable bonds is 2. The fraction of sp³-hybridized carbons (Fsp3) is 0.692. The maximum absolute atomic E-state index is 12.0. The predicted octanol–water partition coefficient (Wildman–Crippen LogP) is 1.99. The van der Waals surface area contributed by atoms with Gasteiger partial charge in [-0.05, 0) is 20.8 Å². The second kappa shape index (κ2) is 5.42. The van der Waals surface area contributed by atoms with Gasteiger partial charge in [0.2, 0.25) is 0 Å². The summed E-state index contributed by atoms with van der Waals surface area (Å²) in [6.07, 6.45) is 1.63. The van der Waals surface area contributed by atoms with Crippen LogP contribution in [0, 0.1) is 0 Å². The third kappa shape index (κ3) is 3.75. The minimum atomic E-state index is -0.555. The van der Waals surface area contributed by atoms with E-state index < -0.39 is 11.7 Å². The van der Waals surface area contributed by atoms with Crippen molar-refractivity contribution in [3.8, 4) is 0 Å². The summed E-state index contributed by atoms with van der Waals surface area (Å²) >= 11 is 0. The highest BCUT2D eigenvalue weighted by molar-refractivity contribution is 5.97. The Morgan fingerprint density at radius 3 is 2.44 bits per heavy atom. The molecule has 5 nitrogen and oxygen atoms in total. The molecular formula is C13H22N2O3. The number of Topliss-reactive ketones (excluding diaryl/α,β-unsaturated/α-hetero) is 1. The largest absolute Gasteiger partial charge is 0.443 e. The molecule has 0 fully saturated rings. The van der Waals surface area contributed by atoms with Crippen LogP contribution in [0.15, 0.2) is 11.9 Å². The van der Waals surface area contributed by atoms with Crippen LogP contribution in [-0.4, -0.2) is 47.4 Å². The van der Waals surface area contributed by atoms with Gasteiger partial charge in [0, 0.05) is 32.8 Å². The van der Waals surface area contributed by atoms with Crippen molar-refractivity contribution >= 4 is 11.9 Å². The Kier molecular flexibility index (Phi) is 4.38. The smallest absolute Gasteiger partial charge is 0.415 e. The van der Waals surface area contributed by atoms with Gasteiger partial charge in [-0.3, -0.25) is 9.69 Å². The number of carbonyl (C=O) groups is 2. The Bertz CT molecular complexity index is 369. The number of ketones is 1. The molecule has 1 heterocycles. The maximum atomic E-state index is 12.0. The lowest BCUT2D eigenvalue weighted by atomic mass is 10.2. The predicted molar refractivity (Wildman–Crippen MR) is 69.0 cm³/mol. The van der Waals surface area contributed by atoms with E-state index in [4.69, 9.17) is 4.74 Å². The van der Waals surface area contributed by atoms with Crippen LogP contribution in [-0.2, 0) is 9.53 Å². The van der Waals surface area contributed by atoms with Crippen LogP contribution in [0.4, 0.5) is 4.79 Å². The van der Waals surface area contributed by atoms with E-state index in [0.717, 1.165) is 0 Å². The molecule has 0 bridgehead atoms. The fourth-order valence-corrected chi connectivity index (χ4v) is 1.63. The van der Waals surface area contributed by atoms with Gasteiger partial charge in [0.05, 0.1) is 0 Å². The van der Waals surface area contributed by atoms with Gasteiger partial charge in [-0.1, -0.05) is 6.92 Å². The first-order chi connectivity index (χ1) is 8.24. The lowest BCUT2D eigenvalue weighted by Crippen LogP contribution is -2.45. The summed E-state index contributed by atoms with van der Waals surface area (Å²) in [5.41, 5.74) is -0.138. The Hall–Kier alpha value is -1.52. The van der Waals surface area contributed by atoms with Crippen LogP contribution >= 0.6 is 0 Å². The third-order valence-electron chi connectivity index (χ3n) is 2.53. The lowest BCUT2D eigenvalue weighted by molar-refractivity contribution is -0.117. The zero-order valence-corrected chi connectivity index (χ0v) is 11.8. The Labute approximate surface area is 108 Å². The van der Waals surface area contributed by atoms with Gasteiger partial charge >= 0.3 is 6.09 Å². The van der Waals surface area contributed by atoms with Crippen molar-refractivity contribution in [1.82, 2.24) is 9.80 Å². The molecule has 1 amide bonds. The molecule has 0 atom stereocenters. The molecule has 0 unspecified atom stereocenters. The molecule has 0 aromatic carbocycles. The van der Waals surface area contributed by atoms with Crippen molar-refractivity contribution in [3.05, 3.63) is 11.9 Å². The van der Waals surface area contributed by atoms with Crippen LogP contribution < -0.4 is 0 Å². The molecule has 0 N–H and O–H groups in total. The first-order valence-electron chi connectivity index (χ1n) is 6.20. The van der Waals surface area contributed by atoms with E-state index >= 15 is 0 Å². The second-order valence-electron chi connectivity index (χ2n) is 5.40. The monoisotopic (exact) mass is 254 g/mol. The Morgan fingerprint density at radius 1 is 1.33 bits per heavy atom. The van der Waals surface area contributed by atoms with E-state index in [1.54, 1.807) is 13.1 Å². The van der Waals surface area contributed by atoms with Crippen molar-refractivity contribution in [1.29, 1.82) is 0 Å². The van der Waals surface area contributed by atoms with Gasteiger partial charge in [0.15, 0.2) is 5.78 Å². The topological polar surface area (TPSA) is 49.9 Å². The van der Waals surface area contributed by atoms with Crippen LogP contribution in [0.2, 0.25) is 0 Å². The van der Waals surface area contributed by atoms with E-state index in [1.165, 1.54) is 4.90 Å².